The second kappa shape index (κ2) is 10.8. The summed E-state index contributed by atoms with van der Waals surface area (Å²) < 4.78 is 76.6. The van der Waals surface area contributed by atoms with Gasteiger partial charge in [-0.1, -0.05) is 30.3 Å². The number of aryl methyl sites for hydroxylation is 2. The van der Waals surface area contributed by atoms with Crippen LogP contribution in [0.2, 0.25) is 0 Å². The summed E-state index contributed by atoms with van der Waals surface area (Å²) >= 11 is 0. The maximum atomic E-state index is 15.2. The minimum Gasteiger partial charge on any atom is -0.429 e. The van der Waals surface area contributed by atoms with Crippen molar-refractivity contribution in [3.05, 3.63) is 94.9 Å². The molecule has 0 aliphatic rings. The van der Waals surface area contributed by atoms with E-state index in [0.29, 0.717) is 22.9 Å². The molecule has 0 radical (unpaired) electrons. The summed E-state index contributed by atoms with van der Waals surface area (Å²) in [5, 5.41) is 1.11. The van der Waals surface area contributed by atoms with Crippen LogP contribution < -0.4 is 4.74 Å². The van der Waals surface area contributed by atoms with E-state index in [1.807, 2.05) is 18.2 Å². The summed E-state index contributed by atoms with van der Waals surface area (Å²) in [5.41, 5.74) is 3.25. The fourth-order valence-corrected chi connectivity index (χ4v) is 3.89. The highest BCUT2D eigenvalue weighted by Gasteiger charge is 2.17. The normalized spacial score (nSPS) is 11.4. The Bertz CT molecular complexity index is 1300. The topological polar surface area (TPSA) is 31.4 Å². The van der Waals surface area contributed by atoms with E-state index in [0.717, 1.165) is 35.4 Å². The highest BCUT2D eigenvalue weighted by atomic mass is 19.3. The van der Waals surface area contributed by atoms with Crippen LogP contribution in [0.5, 0.6) is 5.75 Å². The first kappa shape index (κ1) is 24.6. The molecule has 0 aliphatic carbocycles. The molecule has 0 unspecified atom stereocenters. The number of halogens is 5. The van der Waals surface area contributed by atoms with Gasteiger partial charge in [-0.2, -0.15) is 8.78 Å². The lowest BCUT2D eigenvalue weighted by Gasteiger charge is -2.11. The molecule has 4 aromatic rings. The van der Waals surface area contributed by atoms with Crippen molar-refractivity contribution >= 4 is 10.8 Å². The maximum absolute atomic E-state index is 15.2. The summed E-state index contributed by atoms with van der Waals surface area (Å²) in [6.07, 6.45) is 2.84. The molecule has 8 heteroatoms. The number of hydrogen-bond acceptors (Lipinski definition) is 3. The van der Waals surface area contributed by atoms with Gasteiger partial charge in [-0.3, -0.25) is 4.98 Å². The van der Waals surface area contributed by atoms with Crippen LogP contribution in [0.4, 0.5) is 22.0 Å². The molecule has 1 aromatic heterocycles. The van der Waals surface area contributed by atoms with Crippen LogP contribution in [0.1, 0.15) is 16.7 Å². The molecule has 35 heavy (non-hydrogen) atoms. The van der Waals surface area contributed by atoms with Crippen LogP contribution in [0.3, 0.4) is 0 Å². The Morgan fingerprint density at radius 1 is 0.829 bits per heavy atom. The third-order valence-corrected chi connectivity index (χ3v) is 5.70. The SMILES string of the molecule is COCCc1ccc(-c2ccc3c(F)c(CCc4cc(F)c(OC(F)F)c(F)c4)ccc3c2)nc1. The van der Waals surface area contributed by atoms with E-state index in [2.05, 4.69) is 9.72 Å². The zero-order valence-electron chi connectivity index (χ0n) is 18.8. The number of alkyl halides is 2. The Kier molecular flexibility index (Phi) is 7.60. The van der Waals surface area contributed by atoms with Gasteiger partial charge in [0.15, 0.2) is 17.4 Å². The van der Waals surface area contributed by atoms with Crippen LogP contribution >= 0.6 is 0 Å². The van der Waals surface area contributed by atoms with E-state index in [1.54, 1.807) is 37.6 Å². The number of fused-ring (bicyclic) bond motifs is 1. The van der Waals surface area contributed by atoms with E-state index in [4.69, 9.17) is 4.74 Å². The second-order valence-electron chi connectivity index (χ2n) is 8.04. The van der Waals surface area contributed by atoms with E-state index in [-0.39, 0.29) is 18.4 Å². The zero-order valence-corrected chi connectivity index (χ0v) is 18.8. The third-order valence-electron chi connectivity index (χ3n) is 5.70. The number of pyridine rings is 1. The minimum absolute atomic E-state index is 0.114. The van der Waals surface area contributed by atoms with Gasteiger partial charge in [0.25, 0.3) is 0 Å². The Labute approximate surface area is 199 Å². The summed E-state index contributed by atoms with van der Waals surface area (Å²) in [7, 11) is 1.65. The lowest BCUT2D eigenvalue weighted by molar-refractivity contribution is -0.0546. The highest BCUT2D eigenvalue weighted by molar-refractivity contribution is 5.88. The van der Waals surface area contributed by atoms with Crippen LogP contribution in [-0.2, 0) is 24.0 Å². The predicted molar refractivity (Wildman–Crippen MR) is 123 cm³/mol. The molecule has 3 aromatic carbocycles. The fraction of sp³-hybridized carbons (Fsp3) is 0.222. The molecule has 0 amide bonds. The molecule has 1 heterocycles. The van der Waals surface area contributed by atoms with Crippen molar-refractivity contribution in [3.63, 3.8) is 0 Å². The third kappa shape index (κ3) is 5.77. The molecular weight excluding hydrogens is 465 g/mol. The van der Waals surface area contributed by atoms with E-state index in [9.17, 15) is 17.6 Å². The van der Waals surface area contributed by atoms with Crippen molar-refractivity contribution in [2.75, 3.05) is 13.7 Å². The van der Waals surface area contributed by atoms with Gasteiger partial charge < -0.3 is 9.47 Å². The highest BCUT2D eigenvalue weighted by Crippen LogP contribution is 2.29. The minimum atomic E-state index is -3.34. The van der Waals surface area contributed by atoms with Gasteiger partial charge in [0.1, 0.15) is 5.82 Å². The number of benzene rings is 3. The molecule has 0 saturated heterocycles. The lowest BCUT2D eigenvalue weighted by atomic mass is 9.98. The summed E-state index contributed by atoms with van der Waals surface area (Å²) in [5.74, 6) is -4.01. The van der Waals surface area contributed by atoms with E-state index < -0.39 is 29.8 Å². The summed E-state index contributed by atoms with van der Waals surface area (Å²) in [6.45, 7) is -2.73. The lowest BCUT2D eigenvalue weighted by Crippen LogP contribution is -2.06. The van der Waals surface area contributed by atoms with Gasteiger partial charge in [0.05, 0.1) is 12.3 Å². The molecule has 3 nitrogen and oxygen atoms in total. The Morgan fingerprint density at radius 3 is 2.26 bits per heavy atom. The fourth-order valence-electron chi connectivity index (χ4n) is 3.89. The first-order chi connectivity index (χ1) is 16.9. The zero-order chi connectivity index (χ0) is 24.9. The van der Waals surface area contributed by atoms with Crippen molar-refractivity contribution in [1.82, 2.24) is 4.98 Å². The molecular formula is C27H22F5NO2. The predicted octanol–water partition coefficient (Wildman–Crippen LogP) is 6.89. The number of ether oxygens (including phenoxy) is 2. The average Bonchev–Trinajstić information content (AvgIpc) is 2.84. The number of hydrogen-bond donors (Lipinski definition) is 0. The van der Waals surface area contributed by atoms with Crippen molar-refractivity contribution < 1.29 is 31.4 Å². The molecule has 4 rings (SSSR count). The van der Waals surface area contributed by atoms with E-state index in [1.165, 1.54) is 0 Å². The number of rotatable bonds is 9. The van der Waals surface area contributed by atoms with Crippen molar-refractivity contribution in [3.8, 4) is 17.0 Å². The monoisotopic (exact) mass is 487 g/mol. The molecule has 0 atom stereocenters. The first-order valence-corrected chi connectivity index (χ1v) is 10.9. The number of methoxy groups -OCH3 is 1. The van der Waals surface area contributed by atoms with Gasteiger partial charge in [-0.05, 0) is 65.6 Å². The smallest absolute Gasteiger partial charge is 0.387 e. The van der Waals surface area contributed by atoms with Crippen molar-refractivity contribution in [1.29, 1.82) is 0 Å². The molecule has 0 bridgehead atoms. The van der Waals surface area contributed by atoms with Crippen molar-refractivity contribution in [2.24, 2.45) is 0 Å². The molecule has 182 valence electrons. The number of nitrogens with zero attached hydrogens (tertiary/aromatic N) is 1. The number of aromatic nitrogens is 1. The van der Waals surface area contributed by atoms with Gasteiger partial charge >= 0.3 is 6.61 Å². The van der Waals surface area contributed by atoms with Crippen LogP contribution in [-0.4, -0.2) is 25.3 Å². The molecule has 0 aliphatic heterocycles. The Balaban J connectivity index is 1.51. The van der Waals surface area contributed by atoms with Gasteiger partial charge in [-0.25, -0.2) is 13.2 Å². The second-order valence-corrected chi connectivity index (χ2v) is 8.04. The summed E-state index contributed by atoms with van der Waals surface area (Å²) in [6, 6.07) is 14.5. The average molecular weight is 487 g/mol. The van der Waals surface area contributed by atoms with Gasteiger partial charge in [0, 0.05) is 24.3 Å². The van der Waals surface area contributed by atoms with E-state index >= 15 is 4.39 Å². The van der Waals surface area contributed by atoms with Crippen LogP contribution in [0.25, 0.3) is 22.0 Å². The van der Waals surface area contributed by atoms with Gasteiger partial charge in [-0.15, -0.1) is 0 Å². The maximum Gasteiger partial charge on any atom is 0.387 e. The molecule has 0 spiro atoms. The Hall–Kier alpha value is -3.52. The standard InChI is InChI=1S/C27H22F5NO2/c1-34-11-10-16-3-9-24(33-15-16)20-7-8-21-19(14-20)6-5-18(25(21)30)4-2-17-12-22(28)26(23(29)13-17)35-27(31)32/h3,5-9,12-15,27H,2,4,10-11H2,1H3. The van der Waals surface area contributed by atoms with Gasteiger partial charge in [0.2, 0.25) is 0 Å². The largest absolute Gasteiger partial charge is 0.429 e. The quantitative estimate of drug-likeness (QED) is 0.241. The first-order valence-electron chi connectivity index (χ1n) is 10.9. The molecule has 0 N–H and O–H groups in total. The summed E-state index contributed by atoms with van der Waals surface area (Å²) in [4.78, 5) is 4.49. The molecule has 0 saturated carbocycles. The van der Waals surface area contributed by atoms with Crippen LogP contribution in [0.15, 0.2) is 60.8 Å². The molecule has 0 fully saturated rings. The Morgan fingerprint density at radius 2 is 1.60 bits per heavy atom. The van der Waals surface area contributed by atoms with Crippen molar-refractivity contribution in [2.45, 2.75) is 25.9 Å². The van der Waals surface area contributed by atoms with Crippen LogP contribution in [0, 0.1) is 17.5 Å².